The summed E-state index contributed by atoms with van der Waals surface area (Å²) in [7, 11) is -2.18. The van der Waals surface area contributed by atoms with E-state index >= 15 is 0 Å². The molecule has 0 aliphatic carbocycles. The quantitative estimate of drug-likeness (QED) is 0.768. The third-order valence-electron chi connectivity index (χ3n) is 5.57. The highest BCUT2D eigenvalue weighted by Gasteiger charge is 2.29. The number of sulfonamides is 1. The van der Waals surface area contributed by atoms with Crippen molar-refractivity contribution in [3.05, 3.63) is 23.8 Å². The molecule has 7 nitrogen and oxygen atoms in total. The predicted octanol–water partition coefficient (Wildman–Crippen LogP) is 2.64. The van der Waals surface area contributed by atoms with Crippen molar-refractivity contribution in [2.24, 2.45) is 5.92 Å². The van der Waals surface area contributed by atoms with E-state index in [0.717, 1.165) is 25.7 Å². The van der Waals surface area contributed by atoms with E-state index < -0.39 is 10.0 Å². The van der Waals surface area contributed by atoms with Crippen LogP contribution in [-0.2, 0) is 10.0 Å². The number of amides is 1. The van der Waals surface area contributed by atoms with Gasteiger partial charge in [-0.25, -0.2) is 8.42 Å². The average Bonchev–Trinajstić information content (AvgIpc) is 3.03. The van der Waals surface area contributed by atoms with E-state index in [1.54, 1.807) is 11.0 Å². The van der Waals surface area contributed by atoms with E-state index in [2.05, 4.69) is 6.07 Å². The van der Waals surface area contributed by atoms with Crippen LogP contribution in [0.1, 0.15) is 48.9 Å². The zero-order valence-electron chi connectivity index (χ0n) is 16.3. The van der Waals surface area contributed by atoms with Crippen LogP contribution >= 0.6 is 0 Å². The normalized spacial score (nSPS) is 19.6. The molecule has 0 N–H and O–H groups in total. The van der Waals surface area contributed by atoms with Crippen LogP contribution in [-0.4, -0.2) is 56.8 Å². The van der Waals surface area contributed by atoms with Crippen LogP contribution in [0.2, 0.25) is 0 Å². The average molecular weight is 406 g/mol. The first-order valence-corrected chi connectivity index (χ1v) is 11.3. The Morgan fingerprint density at radius 3 is 2.32 bits per heavy atom. The number of nitriles is 1. The van der Waals surface area contributed by atoms with Gasteiger partial charge in [0.15, 0.2) is 0 Å². The van der Waals surface area contributed by atoms with Crippen molar-refractivity contribution in [2.45, 2.75) is 43.4 Å². The topological polar surface area (TPSA) is 90.7 Å². The number of hydrogen-bond donors (Lipinski definition) is 0. The summed E-state index contributed by atoms with van der Waals surface area (Å²) < 4.78 is 33.0. The molecule has 28 heavy (non-hydrogen) atoms. The van der Waals surface area contributed by atoms with Crippen LogP contribution in [0.4, 0.5) is 0 Å². The molecule has 2 aliphatic heterocycles. The Morgan fingerprint density at radius 1 is 1.11 bits per heavy atom. The number of ether oxygens (including phenoxy) is 1. The van der Waals surface area contributed by atoms with E-state index in [1.165, 1.54) is 23.5 Å². The Bertz CT molecular complexity index is 847. The first kappa shape index (κ1) is 20.6. The molecule has 0 saturated carbocycles. The highest BCUT2D eigenvalue weighted by Crippen LogP contribution is 2.28. The predicted molar refractivity (Wildman–Crippen MR) is 104 cm³/mol. The largest absolute Gasteiger partial charge is 0.496 e. The fraction of sp³-hybridized carbons (Fsp3) is 0.600. The van der Waals surface area contributed by atoms with Crippen molar-refractivity contribution >= 4 is 15.9 Å². The van der Waals surface area contributed by atoms with Gasteiger partial charge in [-0.05, 0) is 43.9 Å². The highest BCUT2D eigenvalue weighted by molar-refractivity contribution is 7.89. The van der Waals surface area contributed by atoms with Crippen molar-refractivity contribution in [1.29, 1.82) is 5.26 Å². The summed E-state index contributed by atoms with van der Waals surface area (Å²) in [6.07, 6.45) is 5.06. The minimum Gasteiger partial charge on any atom is -0.496 e. The Morgan fingerprint density at radius 2 is 1.75 bits per heavy atom. The molecular weight excluding hydrogens is 378 g/mol. The molecule has 0 unspecified atom stereocenters. The van der Waals surface area contributed by atoms with Crippen molar-refractivity contribution in [3.8, 4) is 11.8 Å². The zero-order chi connectivity index (χ0) is 20.1. The van der Waals surface area contributed by atoms with E-state index in [9.17, 15) is 13.2 Å². The van der Waals surface area contributed by atoms with Gasteiger partial charge in [0.05, 0.1) is 23.6 Å². The Balaban J connectivity index is 1.87. The minimum atomic E-state index is -3.65. The molecule has 2 saturated heterocycles. The van der Waals surface area contributed by atoms with E-state index in [4.69, 9.17) is 10.00 Å². The lowest BCUT2D eigenvalue weighted by atomic mass is 9.98. The molecule has 0 spiro atoms. The van der Waals surface area contributed by atoms with Crippen molar-refractivity contribution < 1.29 is 17.9 Å². The van der Waals surface area contributed by atoms with Crippen LogP contribution in [0.25, 0.3) is 0 Å². The lowest BCUT2D eigenvalue weighted by Gasteiger charge is -2.29. The fourth-order valence-electron chi connectivity index (χ4n) is 3.83. The van der Waals surface area contributed by atoms with Gasteiger partial charge in [-0.2, -0.15) is 9.57 Å². The van der Waals surface area contributed by atoms with Gasteiger partial charge in [0.25, 0.3) is 5.91 Å². The zero-order valence-corrected chi connectivity index (χ0v) is 17.1. The standard InChI is InChI=1S/C20H27N3O4S/c1-27-19-7-6-17(28(25,26)23-10-4-2-3-5-11-23)14-18(19)20(24)22-12-8-16(15-21)9-13-22/h6-7,14,16H,2-5,8-13H2,1H3. The van der Waals surface area contributed by atoms with E-state index in [-0.39, 0.29) is 22.3 Å². The number of nitrogens with zero attached hydrogens (tertiary/aromatic N) is 3. The molecular formula is C20H27N3O4S. The number of carbonyl (C=O) groups is 1. The molecule has 2 heterocycles. The molecule has 1 aromatic carbocycles. The second kappa shape index (κ2) is 8.93. The van der Waals surface area contributed by atoms with E-state index in [0.29, 0.717) is 44.8 Å². The molecule has 0 atom stereocenters. The van der Waals surface area contributed by atoms with Crippen molar-refractivity contribution in [3.63, 3.8) is 0 Å². The summed E-state index contributed by atoms with van der Waals surface area (Å²) in [6, 6.07) is 6.76. The van der Waals surface area contributed by atoms with Crippen LogP contribution < -0.4 is 4.74 Å². The molecule has 3 rings (SSSR count). The summed E-state index contributed by atoms with van der Waals surface area (Å²) in [5, 5.41) is 9.04. The van der Waals surface area contributed by atoms with Crippen LogP contribution in [0.15, 0.2) is 23.1 Å². The molecule has 0 aromatic heterocycles. The molecule has 1 amide bonds. The summed E-state index contributed by atoms with van der Waals surface area (Å²) in [6.45, 7) is 2.01. The summed E-state index contributed by atoms with van der Waals surface area (Å²) in [5.41, 5.74) is 0.258. The fourth-order valence-corrected chi connectivity index (χ4v) is 5.37. The Labute approximate surface area is 166 Å². The number of piperidine rings is 1. The molecule has 2 fully saturated rings. The first-order valence-electron chi connectivity index (χ1n) is 9.84. The number of methoxy groups -OCH3 is 1. The van der Waals surface area contributed by atoms with Gasteiger partial charge in [-0.3, -0.25) is 4.79 Å². The van der Waals surface area contributed by atoms with Gasteiger partial charge in [-0.15, -0.1) is 0 Å². The van der Waals surface area contributed by atoms with Crippen LogP contribution in [0.3, 0.4) is 0 Å². The molecule has 2 aliphatic rings. The maximum atomic E-state index is 13.1. The lowest BCUT2D eigenvalue weighted by molar-refractivity contribution is 0.0703. The first-order chi connectivity index (χ1) is 13.5. The number of carbonyl (C=O) groups excluding carboxylic acids is 1. The second-order valence-corrected chi connectivity index (χ2v) is 9.31. The number of benzene rings is 1. The number of likely N-dealkylation sites (tertiary alicyclic amines) is 1. The number of hydrogen-bond acceptors (Lipinski definition) is 5. The van der Waals surface area contributed by atoms with Crippen LogP contribution in [0, 0.1) is 17.2 Å². The lowest BCUT2D eigenvalue weighted by Crippen LogP contribution is -2.38. The third-order valence-corrected chi connectivity index (χ3v) is 7.46. The van der Waals surface area contributed by atoms with Gasteiger partial charge in [0.1, 0.15) is 5.75 Å². The Kier molecular flexibility index (Phi) is 6.57. The van der Waals surface area contributed by atoms with Gasteiger partial charge < -0.3 is 9.64 Å². The molecule has 152 valence electrons. The van der Waals surface area contributed by atoms with Gasteiger partial charge >= 0.3 is 0 Å². The van der Waals surface area contributed by atoms with E-state index in [1.807, 2.05) is 0 Å². The molecule has 0 bridgehead atoms. The maximum Gasteiger partial charge on any atom is 0.257 e. The number of rotatable bonds is 4. The van der Waals surface area contributed by atoms with Gasteiger partial charge in [0.2, 0.25) is 10.0 Å². The van der Waals surface area contributed by atoms with Crippen molar-refractivity contribution in [2.75, 3.05) is 33.3 Å². The minimum absolute atomic E-state index is 0.0271. The third kappa shape index (κ3) is 4.31. The monoisotopic (exact) mass is 405 g/mol. The molecule has 8 heteroatoms. The highest BCUT2D eigenvalue weighted by atomic mass is 32.2. The van der Waals surface area contributed by atoms with Crippen LogP contribution in [0.5, 0.6) is 5.75 Å². The molecule has 1 aromatic rings. The Hall–Kier alpha value is -2.11. The second-order valence-electron chi connectivity index (χ2n) is 7.38. The van der Waals surface area contributed by atoms with Gasteiger partial charge in [0, 0.05) is 32.1 Å². The van der Waals surface area contributed by atoms with Crippen molar-refractivity contribution in [1.82, 2.24) is 9.21 Å². The SMILES string of the molecule is COc1ccc(S(=O)(=O)N2CCCCCC2)cc1C(=O)N1CCC(C#N)CC1. The summed E-state index contributed by atoms with van der Waals surface area (Å²) >= 11 is 0. The molecule has 0 radical (unpaired) electrons. The summed E-state index contributed by atoms with van der Waals surface area (Å²) in [5.74, 6) is 0.0871. The summed E-state index contributed by atoms with van der Waals surface area (Å²) in [4.78, 5) is 14.8. The maximum absolute atomic E-state index is 13.1. The smallest absolute Gasteiger partial charge is 0.257 e. The van der Waals surface area contributed by atoms with Gasteiger partial charge in [-0.1, -0.05) is 12.8 Å².